The maximum absolute atomic E-state index is 8.86. The number of halogens is 1. The van der Waals surface area contributed by atoms with Crippen LogP contribution in [-0.2, 0) is 0 Å². The average molecular weight is 258 g/mol. The Kier molecular flexibility index (Phi) is 3.63. The normalized spacial score (nSPS) is 8.13. The van der Waals surface area contributed by atoms with Crippen molar-refractivity contribution in [1.29, 1.82) is 15.8 Å². The molecule has 0 radical (unpaired) electrons. The molecular formula is C11H4BrN3. The molecule has 0 heterocycles. The van der Waals surface area contributed by atoms with Crippen LogP contribution < -0.4 is 0 Å². The minimum atomic E-state index is -0.167. The van der Waals surface area contributed by atoms with Crippen LogP contribution in [0.2, 0.25) is 0 Å². The standard InChI is InChI=1S/C11H4BrN3/c12-10-3-1-8(2-4-10)11(7-15)9(5-13)6-14/h1-4H. The molecular weight excluding hydrogens is 254 g/mol. The maximum atomic E-state index is 8.86. The van der Waals surface area contributed by atoms with Gasteiger partial charge in [-0.15, -0.1) is 0 Å². The Morgan fingerprint density at radius 2 is 1.47 bits per heavy atom. The van der Waals surface area contributed by atoms with Crippen LogP contribution in [-0.4, -0.2) is 0 Å². The van der Waals surface area contributed by atoms with Crippen LogP contribution >= 0.6 is 15.9 Å². The Bertz CT molecular complexity index is 505. The van der Waals surface area contributed by atoms with Crippen molar-refractivity contribution in [2.75, 3.05) is 0 Å². The van der Waals surface area contributed by atoms with Crippen molar-refractivity contribution >= 4 is 21.5 Å². The Morgan fingerprint density at radius 1 is 0.933 bits per heavy atom. The van der Waals surface area contributed by atoms with Crippen LogP contribution in [0.1, 0.15) is 5.56 Å². The van der Waals surface area contributed by atoms with E-state index in [9.17, 15) is 0 Å². The van der Waals surface area contributed by atoms with Gasteiger partial charge in [-0.25, -0.2) is 0 Å². The van der Waals surface area contributed by atoms with E-state index in [0.717, 1.165) is 4.47 Å². The zero-order valence-electron chi connectivity index (χ0n) is 7.53. The zero-order chi connectivity index (χ0) is 11.3. The van der Waals surface area contributed by atoms with Gasteiger partial charge in [0, 0.05) is 4.47 Å². The number of benzene rings is 1. The van der Waals surface area contributed by atoms with Crippen molar-refractivity contribution in [2.24, 2.45) is 0 Å². The molecule has 0 N–H and O–H groups in total. The van der Waals surface area contributed by atoms with Gasteiger partial charge in [-0.1, -0.05) is 28.1 Å². The lowest BCUT2D eigenvalue weighted by Crippen LogP contribution is -1.86. The van der Waals surface area contributed by atoms with Crippen LogP contribution in [0.3, 0.4) is 0 Å². The van der Waals surface area contributed by atoms with Crippen LogP contribution in [0.25, 0.3) is 5.57 Å². The van der Waals surface area contributed by atoms with Crippen molar-refractivity contribution in [3.05, 3.63) is 39.9 Å². The highest BCUT2D eigenvalue weighted by molar-refractivity contribution is 9.10. The summed E-state index contributed by atoms with van der Waals surface area (Å²) in [5, 5.41) is 26.2. The molecule has 0 aliphatic rings. The number of hydrogen-bond acceptors (Lipinski definition) is 3. The fraction of sp³-hybridized carbons (Fsp3) is 0. The topological polar surface area (TPSA) is 71.4 Å². The highest BCUT2D eigenvalue weighted by atomic mass is 79.9. The predicted molar refractivity (Wildman–Crippen MR) is 57.9 cm³/mol. The second kappa shape index (κ2) is 4.96. The fourth-order valence-electron chi connectivity index (χ4n) is 1.02. The molecule has 0 fully saturated rings. The van der Waals surface area contributed by atoms with Crippen molar-refractivity contribution < 1.29 is 0 Å². The van der Waals surface area contributed by atoms with Gasteiger partial charge in [-0.2, -0.15) is 15.8 Å². The van der Waals surface area contributed by atoms with E-state index in [2.05, 4.69) is 15.9 Å². The molecule has 0 aliphatic heterocycles. The van der Waals surface area contributed by atoms with Crippen LogP contribution in [0.4, 0.5) is 0 Å². The van der Waals surface area contributed by atoms with E-state index in [1.54, 1.807) is 36.4 Å². The Balaban J connectivity index is 3.35. The molecule has 70 valence electrons. The molecule has 0 aliphatic carbocycles. The van der Waals surface area contributed by atoms with E-state index in [-0.39, 0.29) is 11.1 Å². The number of hydrogen-bond donors (Lipinski definition) is 0. The van der Waals surface area contributed by atoms with Crippen molar-refractivity contribution in [1.82, 2.24) is 0 Å². The average Bonchev–Trinajstić information content (AvgIpc) is 2.27. The molecule has 4 heteroatoms. The van der Waals surface area contributed by atoms with Crippen molar-refractivity contribution in [2.45, 2.75) is 0 Å². The number of allylic oxidation sites excluding steroid dienone is 2. The second-order valence-corrected chi connectivity index (χ2v) is 3.51. The first-order valence-electron chi connectivity index (χ1n) is 3.93. The molecule has 0 amide bonds. The van der Waals surface area contributed by atoms with Gasteiger partial charge in [-0.05, 0) is 17.7 Å². The van der Waals surface area contributed by atoms with Gasteiger partial charge in [0.15, 0.2) is 0 Å². The molecule has 0 atom stereocenters. The lowest BCUT2D eigenvalue weighted by molar-refractivity contribution is 1.45. The van der Waals surface area contributed by atoms with Gasteiger partial charge in [-0.3, -0.25) is 0 Å². The molecule has 0 saturated heterocycles. The second-order valence-electron chi connectivity index (χ2n) is 2.59. The third kappa shape index (κ3) is 2.44. The van der Waals surface area contributed by atoms with E-state index in [1.807, 2.05) is 6.07 Å². The summed E-state index contributed by atoms with van der Waals surface area (Å²) in [4.78, 5) is 0. The monoisotopic (exact) mass is 257 g/mol. The molecule has 0 aromatic heterocycles. The summed E-state index contributed by atoms with van der Waals surface area (Å²) in [5.74, 6) is 0. The van der Waals surface area contributed by atoms with Gasteiger partial charge in [0.05, 0.1) is 5.57 Å². The molecule has 0 saturated carbocycles. The summed E-state index contributed by atoms with van der Waals surface area (Å²) in [6, 6.07) is 12.1. The van der Waals surface area contributed by atoms with Gasteiger partial charge in [0.25, 0.3) is 0 Å². The van der Waals surface area contributed by atoms with Gasteiger partial charge in [0.1, 0.15) is 23.8 Å². The van der Waals surface area contributed by atoms with E-state index in [4.69, 9.17) is 15.8 Å². The number of nitrogens with zero attached hydrogens (tertiary/aromatic N) is 3. The van der Waals surface area contributed by atoms with Crippen molar-refractivity contribution in [3.8, 4) is 18.2 Å². The largest absolute Gasteiger partial charge is 0.192 e. The Labute approximate surface area is 95.6 Å². The van der Waals surface area contributed by atoms with E-state index >= 15 is 0 Å². The molecule has 0 unspecified atom stereocenters. The quantitative estimate of drug-likeness (QED) is 0.727. The lowest BCUT2D eigenvalue weighted by Gasteiger charge is -1.98. The van der Waals surface area contributed by atoms with E-state index < -0.39 is 0 Å². The summed E-state index contributed by atoms with van der Waals surface area (Å²) >= 11 is 3.26. The molecule has 0 spiro atoms. The first kappa shape index (κ1) is 11.0. The maximum Gasteiger partial charge on any atom is 0.148 e. The number of nitriles is 3. The van der Waals surface area contributed by atoms with E-state index in [1.165, 1.54) is 0 Å². The number of rotatable bonds is 1. The highest BCUT2D eigenvalue weighted by Crippen LogP contribution is 2.20. The molecule has 15 heavy (non-hydrogen) atoms. The van der Waals surface area contributed by atoms with Crippen LogP contribution in [0.5, 0.6) is 0 Å². The molecule has 0 bridgehead atoms. The third-order valence-corrected chi connectivity index (χ3v) is 2.25. The fourth-order valence-corrected chi connectivity index (χ4v) is 1.28. The minimum absolute atomic E-state index is 0.104. The van der Waals surface area contributed by atoms with Gasteiger partial charge in [0.2, 0.25) is 0 Å². The predicted octanol–water partition coefficient (Wildman–Crippen LogP) is 2.77. The SMILES string of the molecule is N#CC(C#N)=C(C#N)c1ccc(Br)cc1. The Morgan fingerprint density at radius 3 is 1.87 bits per heavy atom. The van der Waals surface area contributed by atoms with Crippen molar-refractivity contribution in [3.63, 3.8) is 0 Å². The van der Waals surface area contributed by atoms with Gasteiger partial charge >= 0.3 is 0 Å². The zero-order valence-corrected chi connectivity index (χ0v) is 9.12. The summed E-state index contributed by atoms with van der Waals surface area (Å²) < 4.78 is 0.874. The summed E-state index contributed by atoms with van der Waals surface area (Å²) in [6.07, 6.45) is 0. The summed E-state index contributed by atoms with van der Waals surface area (Å²) in [5.41, 5.74) is 0.506. The van der Waals surface area contributed by atoms with Crippen LogP contribution in [0.15, 0.2) is 34.3 Å². The molecule has 1 aromatic rings. The van der Waals surface area contributed by atoms with Gasteiger partial charge < -0.3 is 0 Å². The molecule has 1 aromatic carbocycles. The van der Waals surface area contributed by atoms with Crippen LogP contribution in [0, 0.1) is 34.0 Å². The first-order chi connectivity index (χ1) is 7.22. The third-order valence-electron chi connectivity index (χ3n) is 1.72. The first-order valence-corrected chi connectivity index (χ1v) is 4.72. The lowest BCUT2D eigenvalue weighted by atomic mass is 10.0. The highest BCUT2D eigenvalue weighted by Gasteiger charge is 2.07. The summed E-state index contributed by atoms with van der Waals surface area (Å²) in [6.45, 7) is 0. The Hall–Kier alpha value is -2.09. The summed E-state index contributed by atoms with van der Waals surface area (Å²) in [7, 11) is 0. The minimum Gasteiger partial charge on any atom is -0.192 e. The molecule has 3 nitrogen and oxygen atoms in total. The smallest absolute Gasteiger partial charge is 0.148 e. The molecule has 1 rings (SSSR count). The van der Waals surface area contributed by atoms with E-state index in [0.29, 0.717) is 5.56 Å².